The van der Waals surface area contributed by atoms with Gasteiger partial charge in [0, 0.05) is 24.2 Å². The van der Waals surface area contributed by atoms with Gasteiger partial charge in [-0.05, 0) is 44.5 Å². The zero-order valence-corrected chi connectivity index (χ0v) is 16.4. The van der Waals surface area contributed by atoms with Crippen molar-refractivity contribution >= 4 is 0 Å². The molecule has 1 fully saturated rings. The van der Waals surface area contributed by atoms with E-state index in [9.17, 15) is 5.11 Å². The molecule has 2 aromatic rings. The van der Waals surface area contributed by atoms with Crippen LogP contribution in [-0.2, 0) is 0 Å². The maximum Gasteiger partial charge on any atom is 0.127 e. The van der Waals surface area contributed by atoms with E-state index in [0.717, 1.165) is 42.2 Å². The van der Waals surface area contributed by atoms with Crippen molar-refractivity contribution in [2.75, 3.05) is 33.9 Å². The number of ether oxygens (including phenoxy) is 3. The minimum absolute atomic E-state index is 0.236. The third-order valence-corrected chi connectivity index (χ3v) is 5.07. The molecule has 27 heavy (non-hydrogen) atoms. The molecule has 0 aliphatic carbocycles. The average Bonchev–Trinajstić information content (AvgIpc) is 3.14. The highest BCUT2D eigenvalue weighted by molar-refractivity contribution is 5.43. The topological polar surface area (TPSA) is 51.2 Å². The van der Waals surface area contributed by atoms with Gasteiger partial charge in [0.1, 0.15) is 30.0 Å². The Hall–Kier alpha value is -2.24. The number of hydrogen-bond donors (Lipinski definition) is 1. The fourth-order valence-electron chi connectivity index (χ4n) is 3.64. The zero-order chi connectivity index (χ0) is 19.2. The first-order valence-electron chi connectivity index (χ1n) is 9.44. The number of nitrogens with zero attached hydrogens (tertiary/aromatic N) is 1. The van der Waals surface area contributed by atoms with E-state index in [1.54, 1.807) is 14.2 Å². The molecule has 0 saturated carbocycles. The Balaban J connectivity index is 1.61. The van der Waals surface area contributed by atoms with Crippen molar-refractivity contribution in [1.29, 1.82) is 0 Å². The molecule has 5 nitrogen and oxygen atoms in total. The molecule has 3 rings (SSSR count). The molecule has 1 aliphatic rings. The molecular weight excluding hydrogens is 342 g/mol. The summed E-state index contributed by atoms with van der Waals surface area (Å²) < 4.78 is 16.6. The van der Waals surface area contributed by atoms with E-state index >= 15 is 0 Å². The van der Waals surface area contributed by atoms with Crippen molar-refractivity contribution in [3.05, 3.63) is 53.6 Å². The lowest BCUT2D eigenvalue weighted by Gasteiger charge is -2.28. The monoisotopic (exact) mass is 371 g/mol. The first kappa shape index (κ1) is 19.5. The highest BCUT2D eigenvalue weighted by Gasteiger charge is 2.30. The first-order chi connectivity index (χ1) is 13.1. The minimum Gasteiger partial charge on any atom is -0.497 e. The Morgan fingerprint density at radius 1 is 1.07 bits per heavy atom. The van der Waals surface area contributed by atoms with E-state index in [0.29, 0.717) is 6.54 Å². The zero-order valence-electron chi connectivity index (χ0n) is 16.4. The smallest absolute Gasteiger partial charge is 0.127 e. The number of likely N-dealkylation sites (tertiary alicyclic amines) is 1. The number of hydrogen-bond acceptors (Lipinski definition) is 5. The van der Waals surface area contributed by atoms with Crippen LogP contribution in [0.1, 0.15) is 30.0 Å². The second-order valence-electron chi connectivity index (χ2n) is 7.04. The van der Waals surface area contributed by atoms with Gasteiger partial charge in [-0.1, -0.05) is 23.8 Å². The first-order valence-corrected chi connectivity index (χ1v) is 9.44. The molecule has 2 atom stereocenters. The van der Waals surface area contributed by atoms with E-state index < -0.39 is 6.10 Å². The predicted octanol–water partition coefficient (Wildman–Crippen LogP) is 3.59. The number of β-amino-alcohol motifs (C(OH)–C–C–N with tert-alkyl or cyclic N) is 1. The van der Waals surface area contributed by atoms with Crippen LogP contribution in [0.4, 0.5) is 0 Å². The van der Waals surface area contributed by atoms with Gasteiger partial charge in [0.05, 0.1) is 14.2 Å². The summed E-state index contributed by atoms with van der Waals surface area (Å²) in [6.07, 6.45) is 1.61. The second kappa shape index (κ2) is 9.11. The molecule has 1 aliphatic heterocycles. The molecule has 0 spiro atoms. The summed E-state index contributed by atoms with van der Waals surface area (Å²) in [5.41, 5.74) is 2.33. The van der Waals surface area contributed by atoms with Crippen LogP contribution < -0.4 is 14.2 Å². The number of aryl methyl sites for hydroxylation is 1. The molecule has 0 radical (unpaired) electrons. The fraction of sp³-hybridized carbons (Fsp3) is 0.455. The van der Waals surface area contributed by atoms with Crippen LogP contribution in [0.3, 0.4) is 0 Å². The number of methoxy groups -OCH3 is 2. The van der Waals surface area contributed by atoms with Gasteiger partial charge in [0.15, 0.2) is 0 Å². The highest BCUT2D eigenvalue weighted by atomic mass is 16.5. The van der Waals surface area contributed by atoms with Crippen LogP contribution in [0.25, 0.3) is 0 Å². The molecule has 0 amide bonds. The largest absolute Gasteiger partial charge is 0.497 e. The van der Waals surface area contributed by atoms with Crippen molar-refractivity contribution in [1.82, 2.24) is 4.90 Å². The van der Waals surface area contributed by atoms with Gasteiger partial charge < -0.3 is 19.3 Å². The third-order valence-electron chi connectivity index (χ3n) is 5.07. The Morgan fingerprint density at radius 3 is 2.52 bits per heavy atom. The van der Waals surface area contributed by atoms with Gasteiger partial charge in [0.25, 0.3) is 0 Å². The summed E-state index contributed by atoms with van der Waals surface area (Å²) in [7, 11) is 3.34. The average molecular weight is 371 g/mol. The number of rotatable bonds is 8. The highest BCUT2D eigenvalue weighted by Crippen LogP contribution is 2.38. The Morgan fingerprint density at radius 2 is 1.81 bits per heavy atom. The van der Waals surface area contributed by atoms with Crippen molar-refractivity contribution in [3.63, 3.8) is 0 Å². The van der Waals surface area contributed by atoms with Gasteiger partial charge in [0.2, 0.25) is 0 Å². The van der Waals surface area contributed by atoms with Crippen LogP contribution in [0.2, 0.25) is 0 Å². The molecule has 0 aromatic heterocycles. The molecule has 1 saturated heterocycles. The van der Waals surface area contributed by atoms with Gasteiger partial charge in [-0.2, -0.15) is 0 Å². The van der Waals surface area contributed by atoms with E-state index in [1.807, 2.05) is 43.3 Å². The third kappa shape index (κ3) is 4.93. The molecular formula is C22H29NO4. The SMILES string of the molecule is COc1ccc(C2CCCN2CC(O)COc2ccc(C)cc2)c(OC)c1. The van der Waals surface area contributed by atoms with E-state index in [2.05, 4.69) is 11.0 Å². The van der Waals surface area contributed by atoms with Gasteiger partial charge in [-0.25, -0.2) is 0 Å². The molecule has 1 heterocycles. The quantitative estimate of drug-likeness (QED) is 0.769. The molecule has 146 valence electrons. The molecule has 2 unspecified atom stereocenters. The van der Waals surface area contributed by atoms with Gasteiger partial charge in [-0.3, -0.25) is 4.90 Å². The van der Waals surface area contributed by atoms with Crippen molar-refractivity contribution in [3.8, 4) is 17.2 Å². The predicted molar refractivity (Wildman–Crippen MR) is 106 cm³/mol. The maximum absolute atomic E-state index is 10.5. The van der Waals surface area contributed by atoms with Crippen LogP contribution in [0.15, 0.2) is 42.5 Å². The minimum atomic E-state index is -0.545. The summed E-state index contributed by atoms with van der Waals surface area (Å²) in [4.78, 5) is 2.31. The molecule has 1 N–H and O–H groups in total. The van der Waals surface area contributed by atoms with Crippen LogP contribution >= 0.6 is 0 Å². The normalized spacial score (nSPS) is 18.3. The van der Waals surface area contributed by atoms with Crippen LogP contribution in [0.5, 0.6) is 17.2 Å². The number of aliphatic hydroxyl groups is 1. The van der Waals surface area contributed by atoms with E-state index in [-0.39, 0.29) is 12.6 Å². The standard InChI is InChI=1S/C22H29NO4/c1-16-6-8-18(9-7-16)27-15-17(24)14-23-12-4-5-21(23)20-11-10-19(25-2)13-22(20)26-3/h6-11,13,17,21,24H,4-5,12,14-15H2,1-3H3. The Bertz CT molecular complexity index is 732. The molecule has 2 aromatic carbocycles. The number of benzene rings is 2. The number of aliphatic hydroxyl groups excluding tert-OH is 1. The summed E-state index contributed by atoms with van der Waals surface area (Å²) in [5.74, 6) is 2.40. The van der Waals surface area contributed by atoms with Crippen molar-refractivity contribution in [2.45, 2.75) is 31.9 Å². The van der Waals surface area contributed by atoms with Crippen molar-refractivity contribution in [2.24, 2.45) is 0 Å². The van der Waals surface area contributed by atoms with Crippen LogP contribution in [0, 0.1) is 6.92 Å². The van der Waals surface area contributed by atoms with E-state index in [1.165, 1.54) is 5.56 Å². The van der Waals surface area contributed by atoms with Gasteiger partial charge in [-0.15, -0.1) is 0 Å². The lowest BCUT2D eigenvalue weighted by Crippen LogP contribution is -2.35. The summed E-state index contributed by atoms with van der Waals surface area (Å²) >= 11 is 0. The second-order valence-corrected chi connectivity index (χ2v) is 7.04. The molecule has 0 bridgehead atoms. The summed E-state index contributed by atoms with van der Waals surface area (Å²) in [5, 5.41) is 10.5. The Labute approximate surface area is 161 Å². The maximum atomic E-state index is 10.5. The Kier molecular flexibility index (Phi) is 6.58. The summed E-state index contributed by atoms with van der Waals surface area (Å²) in [6, 6.07) is 14.1. The van der Waals surface area contributed by atoms with Gasteiger partial charge >= 0.3 is 0 Å². The summed E-state index contributed by atoms with van der Waals surface area (Å²) in [6.45, 7) is 3.86. The molecule has 5 heteroatoms. The fourth-order valence-corrected chi connectivity index (χ4v) is 3.64. The lowest BCUT2D eigenvalue weighted by atomic mass is 10.0. The lowest BCUT2D eigenvalue weighted by molar-refractivity contribution is 0.0635. The van der Waals surface area contributed by atoms with E-state index in [4.69, 9.17) is 14.2 Å². The van der Waals surface area contributed by atoms with Crippen molar-refractivity contribution < 1.29 is 19.3 Å². The van der Waals surface area contributed by atoms with Crippen LogP contribution in [-0.4, -0.2) is 50.0 Å².